The Hall–Kier alpha value is -9.70. The second kappa shape index (κ2) is 17.4. The molecule has 0 aliphatic heterocycles. The number of fused-ring (bicyclic) bond motifs is 4. The van der Waals surface area contributed by atoms with E-state index in [1.54, 1.807) is 0 Å². The van der Waals surface area contributed by atoms with Gasteiger partial charge in [0.15, 0.2) is 0 Å². The lowest BCUT2D eigenvalue weighted by Crippen LogP contribution is -2.14. The van der Waals surface area contributed by atoms with Crippen LogP contribution in [-0.2, 0) is 5.41 Å². The van der Waals surface area contributed by atoms with Gasteiger partial charge in [0.1, 0.15) is 0 Å². The Bertz CT molecular complexity index is 4310. The fraction of sp³-hybridized carbons (Fsp3) is 0.0541. The van der Waals surface area contributed by atoms with Gasteiger partial charge in [-0.05, 0) is 161 Å². The first-order valence-electron chi connectivity index (χ1n) is 26.8. The number of benzene rings is 15. The minimum absolute atomic E-state index is 0.00481. The van der Waals surface area contributed by atoms with Crippen LogP contribution in [0.5, 0.6) is 0 Å². The van der Waals surface area contributed by atoms with Crippen LogP contribution in [0.4, 0.5) is 51.2 Å². The Morgan fingerprint density at radius 3 is 0.701 bits per heavy atom. The van der Waals surface area contributed by atoms with Gasteiger partial charge in [-0.2, -0.15) is 0 Å². The fourth-order valence-corrected chi connectivity index (χ4v) is 12.8. The second-order valence-electron chi connectivity index (χ2n) is 21.6. The maximum atomic E-state index is 2.53. The highest BCUT2D eigenvalue weighted by Crippen LogP contribution is 2.52. The van der Waals surface area contributed by atoms with Gasteiger partial charge in [-0.15, -0.1) is 0 Å². The van der Waals surface area contributed by atoms with E-state index >= 15 is 0 Å². The number of anilines is 9. The molecule has 0 fully saturated rings. The average molecular weight is 984 g/mol. The smallest absolute Gasteiger partial charge is 0.0540 e. The summed E-state index contributed by atoms with van der Waals surface area (Å²) in [6, 6.07) is 98.8. The SMILES string of the molecule is CC(C)(C)c1ccc(N(c2ccc3c4cccc5c(N(c6ccccc6)c6ccccc6)ccc(c6cccc2c63)c54)c2ccc3c4cccc5c(N(c6ccccc6)c6ccccc6)ccc(c6cccc2c63)c54)cc1. The van der Waals surface area contributed by atoms with Gasteiger partial charge in [-0.3, -0.25) is 0 Å². The topological polar surface area (TPSA) is 9.72 Å². The lowest BCUT2D eigenvalue weighted by atomic mass is 9.86. The molecule has 0 bridgehead atoms. The maximum Gasteiger partial charge on any atom is 0.0540 e. The first-order chi connectivity index (χ1) is 37.9. The summed E-state index contributed by atoms with van der Waals surface area (Å²) in [5, 5.41) is 20.0. The molecule has 0 amide bonds. The van der Waals surface area contributed by atoms with Crippen LogP contribution in [0.2, 0.25) is 0 Å². The molecule has 0 radical (unpaired) electrons. The van der Waals surface area contributed by atoms with E-state index in [-0.39, 0.29) is 5.41 Å². The molecule has 0 spiro atoms. The van der Waals surface area contributed by atoms with Crippen molar-refractivity contribution >= 4 is 137 Å². The third kappa shape index (κ3) is 6.97. The third-order valence-electron chi connectivity index (χ3n) is 16.2. The molecular weight excluding hydrogens is 931 g/mol. The molecule has 0 saturated heterocycles. The minimum Gasteiger partial charge on any atom is -0.310 e. The van der Waals surface area contributed by atoms with Gasteiger partial charge in [0, 0.05) is 50.0 Å². The molecule has 364 valence electrons. The third-order valence-corrected chi connectivity index (χ3v) is 16.2. The van der Waals surface area contributed by atoms with Crippen LogP contribution in [0.1, 0.15) is 26.3 Å². The molecule has 0 heterocycles. The number of hydrogen-bond acceptors (Lipinski definition) is 3. The quantitative estimate of drug-likeness (QED) is 0.105. The van der Waals surface area contributed by atoms with Crippen molar-refractivity contribution in [3.8, 4) is 0 Å². The summed E-state index contributed by atoms with van der Waals surface area (Å²) in [6.45, 7) is 6.88. The molecule has 15 aromatic carbocycles. The first-order valence-corrected chi connectivity index (χ1v) is 26.8. The Kier molecular flexibility index (Phi) is 10.1. The zero-order chi connectivity index (χ0) is 51.4. The standard InChI is InChI=1S/C74H53N3/c1-74(2,3)48-36-38-53(39-37-48)77(68-46-42-60-54-28-16-32-62-66(44-40-58(70(54)62)56-30-18-34-64(68)72(56)60)75(49-20-8-4-9-21-49)50-22-10-5-11-23-50)69-47-43-61-55-29-17-33-63-67(45-41-59(71(55)63)57-31-19-35-65(69)73(57)61)76(51-24-12-6-13-25-51)52-26-14-7-15-27-52/h4-47H,1-3H3. The van der Waals surface area contributed by atoms with Gasteiger partial charge in [-0.25, -0.2) is 0 Å². The molecular formula is C74H53N3. The Balaban J connectivity index is 0.960. The minimum atomic E-state index is 0.00481. The molecule has 0 aliphatic rings. The van der Waals surface area contributed by atoms with Crippen molar-refractivity contribution in [2.75, 3.05) is 14.7 Å². The van der Waals surface area contributed by atoms with E-state index in [4.69, 9.17) is 0 Å². The highest BCUT2D eigenvalue weighted by Gasteiger charge is 2.26. The lowest BCUT2D eigenvalue weighted by Gasteiger charge is -2.31. The van der Waals surface area contributed by atoms with E-state index in [1.807, 2.05) is 0 Å². The van der Waals surface area contributed by atoms with E-state index in [1.165, 1.54) is 91.7 Å². The van der Waals surface area contributed by atoms with E-state index in [9.17, 15) is 0 Å². The van der Waals surface area contributed by atoms with Crippen molar-refractivity contribution < 1.29 is 0 Å². The summed E-state index contributed by atoms with van der Waals surface area (Å²) in [4.78, 5) is 7.32. The molecule has 77 heavy (non-hydrogen) atoms. The van der Waals surface area contributed by atoms with Crippen molar-refractivity contribution in [3.63, 3.8) is 0 Å². The van der Waals surface area contributed by atoms with Gasteiger partial charge >= 0.3 is 0 Å². The van der Waals surface area contributed by atoms with Gasteiger partial charge in [0.25, 0.3) is 0 Å². The summed E-state index contributed by atoms with van der Waals surface area (Å²) in [7, 11) is 0. The van der Waals surface area contributed by atoms with Crippen molar-refractivity contribution in [2.24, 2.45) is 0 Å². The van der Waals surface area contributed by atoms with Crippen LogP contribution in [0.3, 0.4) is 0 Å². The van der Waals surface area contributed by atoms with Gasteiger partial charge in [0.2, 0.25) is 0 Å². The molecule has 0 saturated carbocycles. The molecule has 0 aliphatic carbocycles. The molecule has 3 nitrogen and oxygen atoms in total. The molecule has 0 atom stereocenters. The van der Waals surface area contributed by atoms with Gasteiger partial charge in [-0.1, -0.05) is 203 Å². The predicted molar refractivity (Wildman–Crippen MR) is 332 cm³/mol. The molecule has 3 heteroatoms. The van der Waals surface area contributed by atoms with Crippen molar-refractivity contribution in [1.82, 2.24) is 0 Å². The second-order valence-corrected chi connectivity index (χ2v) is 21.6. The average Bonchev–Trinajstić information content (AvgIpc) is 3.51. The van der Waals surface area contributed by atoms with Gasteiger partial charge < -0.3 is 14.7 Å². The number of nitrogens with zero attached hydrogens (tertiary/aromatic N) is 3. The molecule has 15 aromatic rings. The van der Waals surface area contributed by atoms with Crippen molar-refractivity contribution in [2.45, 2.75) is 26.2 Å². The molecule has 0 aromatic heterocycles. The van der Waals surface area contributed by atoms with Crippen LogP contribution in [-0.4, -0.2) is 0 Å². The van der Waals surface area contributed by atoms with E-state index < -0.39 is 0 Å². The summed E-state index contributed by atoms with van der Waals surface area (Å²) < 4.78 is 0. The van der Waals surface area contributed by atoms with Crippen LogP contribution in [0.15, 0.2) is 267 Å². The highest BCUT2D eigenvalue weighted by molar-refractivity contribution is 6.37. The summed E-state index contributed by atoms with van der Waals surface area (Å²) in [5.41, 5.74) is 11.5. The van der Waals surface area contributed by atoms with Crippen molar-refractivity contribution in [1.29, 1.82) is 0 Å². The summed E-state index contributed by atoms with van der Waals surface area (Å²) in [6.07, 6.45) is 0. The van der Waals surface area contributed by atoms with E-state index in [0.29, 0.717) is 0 Å². The van der Waals surface area contributed by atoms with Crippen LogP contribution in [0.25, 0.3) is 86.2 Å². The number of hydrogen-bond donors (Lipinski definition) is 0. The zero-order valence-electron chi connectivity index (χ0n) is 43.2. The van der Waals surface area contributed by atoms with Crippen molar-refractivity contribution in [3.05, 3.63) is 272 Å². The fourth-order valence-electron chi connectivity index (χ4n) is 12.8. The summed E-state index contributed by atoms with van der Waals surface area (Å²) in [5.74, 6) is 0. The Labute approximate surface area is 448 Å². The van der Waals surface area contributed by atoms with E-state index in [2.05, 4.69) is 302 Å². The van der Waals surface area contributed by atoms with Gasteiger partial charge in [0.05, 0.1) is 22.7 Å². The number of rotatable bonds is 9. The molecule has 0 unspecified atom stereocenters. The normalized spacial score (nSPS) is 12.1. The Morgan fingerprint density at radius 2 is 0.429 bits per heavy atom. The predicted octanol–water partition coefficient (Wildman–Crippen LogP) is 21.5. The zero-order valence-corrected chi connectivity index (χ0v) is 43.2. The largest absolute Gasteiger partial charge is 0.310 e. The lowest BCUT2D eigenvalue weighted by molar-refractivity contribution is 0.590. The van der Waals surface area contributed by atoms with Crippen LogP contribution in [0, 0.1) is 0 Å². The summed E-state index contributed by atoms with van der Waals surface area (Å²) >= 11 is 0. The van der Waals surface area contributed by atoms with Crippen LogP contribution >= 0.6 is 0 Å². The first kappa shape index (κ1) is 44.8. The van der Waals surface area contributed by atoms with E-state index in [0.717, 1.165) is 51.2 Å². The number of para-hydroxylation sites is 4. The van der Waals surface area contributed by atoms with Crippen LogP contribution < -0.4 is 14.7 Å². The molecule has 15 rings (SSSR count). The Morgan fingerprint density at radius 1 is 0.195 bits per heavy atom. The molecule has 0 N–H and O–H groups in total. The highest BCUT2D eigenvalue weighted by atomic mass is 15.2. The maximum absolute atomic E-state index is 2.53. The monoisotopic (exact) mass is 983 g/mol.